The number of carbonyl (C=O) groups is 1. The highest BCUT2D eigenvalue weighted by Gasteiger charge is 2.32. The lowest BCUT2D eigenvalue weighted by Crippen LogP contribution is -2.42. The first-order chi connectivity index (χ1) is 15.5. The summed E-state index contributed by atoms with van der Waals surface area (Å²) in [5.41, 5.74) is 3.19. The van der Waals surface area contributed by atoms with Crippen molar-refractivity contribution in [2.45, 2.75) is 45.6 Å². The Hall–Kier alpha value is -2.91. The zero-order valence-electron chi connectivity index (χ0n) is 19.3. The number of carbonyl (C=O) groups excluding carboxylic acids is 1. The molecule has 8 nitrogen and oxygen atoms in total. The summed E-state index contributed by atoms with van der Waals surface area (Å²) in [5.74, 6) is -0.530. The van der Waals surface area contributed by atoms with Gasteiger partial charge in [0.1, 0.15) is 6.54 Å². The zero-order chi connectivity index (χ0) is 23.9. The Labute approximate surface area is 193 Å². The summed E-state index contributed by atoms with van der Waals surface area (Å²) < 4.78 is 34.4. The second kappa shape index (κ2) is 8.79. The number of aryl methyl sites for hydroxylation is 2. The third-order valence-electron chi connectivity index (χ3n) is 5.92. The van der Waals surface area contributed by atoms with Crippen molar-refractivity contribution in [3.05, 3.63) is 58.1 Å². The SMILES string of the molecule is Cc1cc(C)cc(NC(=O)Cn2c(=O)oc3cc(S(=O)(=O)N4C[C@@H](C)C[C@H](C)C4)ccc32)c1. The summed E-state index contributed by atoms with van der Waals surface area (Å²) in [6, 6.07) is 10.1. The summed E-state index contributed by atoms with van der Waals surface area (Å²) in [6.07, 6.45) is 0.993. The van der Waals surface area contributed by atoms with E-state index in [4.69, 9.17) is 4.42 Å². The van der Waals surface area contributed by atoms with Crippen molar-refractivity contribution in [2.75, 3.05) is 18.4 Å². The van der Waals surface area contributed by atoms with Gasteiger partial charge in [0.05, 0.1) is 10.4 Å². The number of rotatable bonds is 5. The van der Waals surface area contributed by atoms with Crippen molar-refractivity contribution in [1.29, 1.82) is 0 Å². The van der Waals surface area contributed by atoms with Crippen molar-refractivity contribution < 1.29 is 17.6 Å². The fourth-order valence-electron chi connectivity index (χ4n) is 4.70. The van der Waals surface area contributed by atoms with Gasteiger partial charge >= 0.3 is 5.76 Å². The van der Waals surface area contributed by atoms with Gasteiger partial charge in [0.15, 0.2) is 5.58 Å². The molecule has 0 bridgehead atoms. The van der Waals surface area contributed by atoms with Gasteiger partial charge in [-0.15, -0.1) is 0 Å². The molecule has 0 radical (unpaired) electrons. The van der Waals surface area contributed by atoms with Gasteiger partial charge in [0.25, 0.3) is 0 Å². The first kappa shape index (κ1) is 23.3. The predicted octanol–water partition coefficient (Wildman–Crippen LogP) is 3.52. The molecule has 1 aromatic heterocycles. The second-order valence-corrected chi connectivity index (χ2v) is 11.2. The number of fused-ring (bicyclic) bond motifs is 1. The molecule has 0 spiro atoms. The summed E-state index contributed by atoms with van der Waals surface area (Å²) >= 11 is 0. The van der Waals surface area contributed by atoms with E-state index in [1.807, 2.05) is 45.9 Å². The van der Waals surface area contributed by atoms with Crippen LogP contribution in [0.15, 0.2) is 50.5 Å². The lowest BCUT2D eigenvalue weighted by molar-refractivity contribution is -0.116. The van der Waals surface area contributed by atoms with Gasteiger partial charge in [0, 0.05) is 24.8 Å². The van der Waals surface area contributed by atoms with E-state index in [0.29, 0.717) is 24.3 Å². The van der Waals surface area contributed by atoms with Gasteiger partial charge in [-0.05, 0) is 67.5 Å². The molecular weight excluding hydrogens is 442 g/mol. The number of hydrogen-bond donors (Lipinski definition) is 1. The molecule has 2 atom stereocenters. The number of benzene rings is 2. The van der Waals surface area contributed by atoms with Crippen LogP contribution in [0.5, 0.6) is 0 Å². The number of oxazole rings is 1. The van der Waals surface area contributed by atoms with Gasteiger partial charge in [-0.1, -0.05) is 19.9 Å². The fraction of sp³-hybridized carbons (Fsp3) is 0.417. The number of nitrogens with one attached hydrogen (secondary N) is 1. The van der Waals surface area contributed by atoms with Crippen molar-refractivity contribution in [2.24, 2.45) is 11.8 Å². The molecule has 1 aliphatic rings. The molecule has 2 heterocycles. The quantitative estimate of drug-likeness (QED) is 0.614. The van der Waals surface area contributed by atoms with Gasteiger partial charge < -0.3 is 9.73 Å². The van der Waals surface area contributed by atoms with Crippen molar-refractivity contribution >= 4 is 32.7 Å². The van der Waals surface area contributed by atoms with Crippen LogP contribution < -0.4 is 11.1 Å². The first-order valence-electron chi connectivity index (χ1n) is 11.0. The van der Waals surface area contributed by atoms with Crippen LogP contribution in [0.25, 0.3) is 11.1 Å². The third-order valence-corrected chi connectivity index (χ3v) is 7.75. The maximum atomic E-state index is 13.2. The lowest BCUT2D eigenvalue weighted by atomic mass is 9.94. The monoisotopic (exact) mass is 471 g/mol. The number of piperidine rings is 1. The number of sulfonamides is 1. The largest absolute Gasteiger partial charge is 0.420 e. The van der Waals surface area contributed by atoms with Gasteiger partial charge in [0.2, 0.25) is 15.9 Å². The number of anilines is 1. The highest BCUT2D eigenvalue weighted by Crippen LogP contribution is 2.28. The number of amides is 1. The summed E-state index contributed by atoms with van der Waals surface area (Å²) in [5, 5.41) is 2.80. The molecule has 1 amide bonds. The van der Waals surface area contributed by atoms with Crippen LogP contribution in [-0.4, -0.2) is 36.3 Å². The number of hydrogen-bond acceptors (Lipinski definition) is 5. The van der Waals surface area contributed by atoms with Crippen LogP contribution >= 0.6 is 0 Å². The molecule has 1 saturated heterocycles. The van der Waals surface area contributed by atoms with E-state index in [-0.39, 0.29) is 34.8 Å². The predicted molar refractivity (Wildman–Crippen MR) is 127 cm³/mol. The minimum atomic E-state index is -3.71. The lowest BCUT2D eigenvalue weighted by Gasteiger charge is -2.34. The van der Waals surface area contributed by atoms with Crippen LogP contribution in [0, 0.1) is 25.7 Å². The Morgan fingerprint density at radius 1 is 1.06 bits per heavy atom. The van der Waals surface area contributed by atoms with Gasteiger partial charge in [-0.25, -0.2) is 13.2 Å². The molecule has 176 valence electrons. The van der Waals surface area contributed by atoms with E-state index in [1.54, 1.807) is 0 Å². The van der Waals surface area contributed by atoms with Crippen LogP contribution in [0.2, 0.25) is 0 Å². The van der Waals surface area contributed by atoms with E-state index in [0.717, 1.165) is 17.5 Å². The van der Waals surface area contributed by atoms with Gasteiger partial charge in [-0.3, -0.25) is 9.36 Å². The number of aromatic nitrogens is 1. The molecule has 4 rings (SSSR count). The topological polar surface area (TPSA) is 102 Å². The average molecular weight is 472 g/mol. The van der Waals surface area contributed by atoms with Crippen molar-refractivity contribution in [1.82, 2.24) is 8.87 Å². The molecular formula is C24H29N3O5S. The Morgan fingerprint density at radius 2 is 1.70 bits per heavy atom. The van der Waals surface area contributed by atoms with Crippen LogP contribution in [0.3, 0.4) is 0 Å². The Kier molecular flexibility index (Phi) is 6.20. The molecule has 3 aromatic rings. The Balaban J connectivity index is 1.59. The Bertz CT molecular complexity index is 1340. The van der Waals surface area contributed by atoms with Crippen LogP contribution in [-0.2, 0) is 21.4 Å². The van der Waals surface area contributed by atoms with E-state index < -0.39 is 15.8 Å². The van der Waals surface area contributed by atoms with Crippen molar-refractivity contribution in [3.63, 3.8) is 0 Å². The minimum absolute atomic E-state index is 0.0805. The van der Waals surface area contributed by atoms with E-state index in [2.05, 4.69) is 5.32 Å². The molecule has 0 aliphatic carbocycles. The highest BCUT2D eigenvalue weighted by molar-refractivity contribution is 7.89. The molecule has 2 aromatic carbocycles. The summed E-state index contributed by atoms with van der Waals surface area (Å²) in [4.78, 5) is 25.1. The molecule has 1 N–H and O–H groups in total. The minimum Gasteiger partial charge on any atom is -0.408 e. The molecule has 1 fully saturated rings. The zero-order valence-corrected chi connectivity index (χ0v) is 20.1. The van der Waals surface area contributed by atoms with Crippen LogP contribution in [0.4, 0.5) is 5.69 Å². The smallest absolute Gasteiger partial charge is 0.408 e. The van der Waals surface area contributed by atoms with Crippen LogP contribution in [0.1, 0.15) is 31.4 Å². The van der Waals surface area contributed by atoms with E-state index >= 15 is 0 Å². The molecule has 33 heavy (non-hydrogen) atoms. The van der Waals surface area contributed by atoms with E-state index in [9.17, 15) is 18.0 Å². The van der Waals surface area contributed by atoms with Crippen molar-refractivity contribution in [3.8, 4) is 0 Å². The fourth-order valence-corrected chi connectivity index (χ4v) is 6.39. The third kappa shape index (κ3) is 4.89. The molecule has 0 unspecified atom stereocenters. The normalized spacial score (nSPS) is 19.6. The molecule has 0 saturated carbocycles. The number of nitrogens with zero attached hydrogens (tertiary/aromatic N) is 2. The highest BCUT2D eigenvalue weighted by atomic mass is 32.2. The molecule has 9 heteroatoms. The standard InChI is InChI=1S/C24H29N3O5S/c1-15-7-16(2)10-19(9-15)25-23(28)14-27-21-6-5-20(11-22(21)32-24(27)29)33(30,31)26-12-17(3)8-18(4)13-26/h5-7,9-11,17-18H,8,12-14H2,1-4H3,(H,25,28)/t17-,18-/m0/s1. The van der Waals surface area contributed by atoms with E-state index in [1.165, 1.54) is 27.1 Å². The maximum absolute atomic E-state index is 13.2. The van der Waals surface area contributed by atoms with Gasteiger partial charge in [-0.2, -0.15) is 4.31 Å². The molecule has 1 aliphatic heterocycles. The summed E-state index contributed by atoms with van der Waals surface area (Å²) in [7, 11) is -3.71. The maximum Gasteiger partial charge on any atom is 0.420 e. The average Bonchev–Trinajstić information content (AvgIpc) is 3.00. The summed E-state index contributed by atoms with van der Waals surface area (Å²) in [6.45, 7) is 8.66. The Morgan fingerprint density at radius 3 is 2.33 bits per heavy atom. The first-order valence-corrected chi connectivity index (χ1v) is 12.5. The second-order valence-electron chi connectivity index (χ2n) is 9.28.